The molecular weight excluding hydrogens is 282 g/mol. The highest BCUT2D eigenvalue weighted by molar-refractivity contribution is 6.13. The van der Waals surface area contributed by atoms with Crippen LogP contribution in [0, 0.1) is 16.7 Å². The standard InChI is InChI=1S/C16H17N3O3/c17-11-12-2-1-3-13(10-12)18-14(20)16(4-5-16)15(21)19-6-8-22-9-7-19/h1-3,10H,4-9H2,(H,18,20). The van der Waals surface area contributed by atoms with Gasteiger partial charge in [0.1, 0.15) is 5.41 Å². The maximum absolute atomic E-state index is 12.6. The van der Waals surface area contributed by atoms with Crippen molar-refractivity contribution in [2.24, 2.45) is 5.41 Å². The lowest BCUT2D eigenvalue weighted by Gasteiger charge is -2.30. The fourth-order valence-corrected chi connectivity index (χ4v) is 2.65. The average molecular weight is 299 g/mol. The highest BCUT2D eigenvalue weighted by Crippen LogP contribution is 2.48. The molecule has 0 spiro atoms. The number of nitrogens with one attached hydrogen (secondary N) is 1. The van der Waals surface area contributed by atoms with Crippen LogP contribution in [0.1, 0.15) is 18.4 Å². The zero-order chi connectivity index (χ0) is 15.6. The number of nitrogens with zero attached hydrogens (tertiary/aromatic N) is 2. The number of hydrogen-bond donors (Lipinski definition) is 1. The first-order valence-electron chi connectivity index (χ1n) is 7.34. The van der Waals surface area contributed by atoms with Gasteiger partial charge >= 0.3 is 0 Å². The van der Waals surface area contributed by atoms with Crippen LogP contribution in [0.4, 0.5) is 5.69 Å². The lowest BCUT2D eigenvalue weighted by Crippen LogP contribution is -2.47. The molecule has 6 nitrogen and oxygen atoms in total. The molecule has 2 amide bonds. The van der Waals surface area contributed by atoms with Gasteiger partial charge in [-0.2, -0.15) is 5.26 Å². The molecule has 0 radical (unpaired) electrons. The predicted octanol–water partition coefficient (Wildman–Crippen LogP) is 1.14. The van der Waals surface area contributed by atoms with E-state index in [0.717, 1.165) is 0 Å². The van der Waals surface area contributed by atoms with Gasteiger partial charge in [0.05, 0.1) is 24.8 Å². The van der Waals surface area contributed by atoms with Crippen molar-refractivity contribution >= 4 is 17.5 Å². The van der Waals surface area contributed by atoms with E-state index in [0.29, 0.717) is 50.4 Å². The molecule has 1 N–H and O–H groups in total. The molecule has 3 rings (SSSR count). The molecule has 114 valence electrons. The third kappa shape index (κ3) is 2.68. The molecule has 1 aliphatic heterocycles. The Bertz CT molecular complexity index is 640. The smallest absolute Gasteiger partial charge is 0.240 e. The van der Waals surface area contributed by atoms with E-state index in [1.54, 1.807) is 29.2 Å². The highest BCUT2D eigenvalue weighted by Gasteiger charge is 2.58. The fourth-order valence-electron chi connectivity index (χ4n) is 2.65. The van der Waals surface area contributed by atoms with Gasteiger partial charge in [-0.15, -0.1) is 0 Å². The Morgan fingerprint density at radius 2 is 2.00 bits per heavy atom. The second kappa shape index (κ2) is 5.78. The number of hydrogen-bond acceptors (Lipinski definition) is 4. The lowest BCUT2D eigenvalue weighted by atomic mass is 10.0. The summed E-state index contributed by atoms with van der Waals surface area (Å²) in [5, 5.41) is 11.7. The minimum absolute atomic E-state index is 0.107. The molecule has 1 aliphatic carbocycles. The van der Waals surface area contributed by atoms with Crippen LogP contribution in [0.25, 0.3) is 0 Å². The van der Waals surface area contributed by atoms with Crippen molar-refractivity contribution in [3.63, 3.8) is 0 Å². The van der Waals surface area contributed by atoms with E-state index >= 15 is 0 Å². The van der Waals surface area contributed by atoms with E-state index in [9.17, 15) is 9.59 Å². The Labute approximate surface area is 128 Å². The molecule has 0 unspecified atom stereocenters. The molecule has 0 aromatic heterocycles. The van der Waals surface area contributed by atoms with Crippen molar-refractivity contribution in [3.8, 4) is 6.07 Å². The van der Waals surface area contributed by atoms with Crippen LogP contribution in [-0.2, 0) is 14.3 Å². The number of nitriles is 1. The molecule has 0 bridgehead atoms. The zero-order valence-electron chi connectivity index (χ0n) is 12.2. The summed E-state index contributed by atoms with van der Waals surface area (Å²) in [6.45, 7) is 2.12. The van der Waals surface area contributed by atoms with Crippen LogP contribution in [0.15, 0.2) is 24.3 Å². The average Bonchev–Trinajstić information content (AvgIpc) is 3.37. The van der Waals surface area contributed by atoms with E-state index in [2.05, 4.69) is 5.32 Å². The summed E-state index contributed by atoms with van der Waals surface area (Å²) in [5.74, 6) is -0.385. The molecular formula is C16H17N3O3. The second-order valence-corrected chi connectivity index (χ2v) is 5.63. The molecule has 22 heavy (non-hydrogen) atoms. The van der Waals surface area contributed by atoms with E-state index < -0.39 is 5.41 Å². The first-order chi connectivity index (χ1) is 10.7. The molecule has 1 heterocycles. The highest BCUT2D eigenvalue weighted by atomic mass is 16.5. The Kier molecular flexibility index (Phi) is 3.82. The fraction of sp³-hybridized carbons (Fsp3) is 0.438. The number of carbonyl (C=O) groups is 2. The molecule has 6 heteroatoms. The number of carbonyl (C=O) groups excluding carboxylic acids is 2. The first kappa shape index (κ1) is 14.5. The Hall–Kier alpha value is -2.39. The molecule has 2 fully saturated rings. The molecule has 1 aromatic carbocycles. The van der Waals surface area contributed by atoms with Gasteiger partial charge in [0, 0.05) is 18.8 Å². The van der Waals surface area contributed by atoms with Crippen molar-refractivity contribution in [3.05, 3.63) is 29.8 Å². The van der Waals surface area contributed by atoms with Gasteiger partial charge in [0.15, 0.2) is 0 Å². The van der Waals surface area contributed by atoms with Crippen LogP contribution in [0.3, 0.4) is 0 Å². The Morgan fingerprint density at radius 1 is 1.27 bits per heavy atom. The lowest BCUT2D eigenvalue weighted by molar-refractivity contribution is -0.145. The topological polar surface area (TPSA) is 82.4 Å². The molecule has 1 saturated heterocycles. The third-order valence-corrected chi connectivity index (χ3v) is 4.14. The molecule has 1 aromatic rings. The Balaban J connectivity index is 1.71. The summed E-state index contributed by atoms with van der Waals surface area (Å²) in [6, 6.07) is 8.72. The monoisotopic (exact) mass is 299 g/mol. The maximum atomic E-state index is 12.6. The van der Waals surface area contributed by atoms with Gasteiger partial charge in [-0.3, -0.25) is 9.59 Å². The normalized spacial score (nSPS) is 19.1. The number of anilines is 1. The summed E-state index contributed by atoms with van der Waals surface area (Å²) in [4.78, 5) is 26.8. The van der Waals surface area contributed by atoms with Crippen LogP contribution < -0.4 is 5.32 Å². The van der Waals surface area contributed by atoms with Crippen molar-refractivity contribution in [2.75, 3.05) is 31.6 Å². The van der Waals surface area contributed by atoms with Gasteiger partial charge in [0.2, 0.25) is 11.8 Å². The summed E-state index contributed by atoms with van der Waals surface area (Å²) in [6.07, 6.45) is 1.15. The van der Waals surface area contributed by atoms with Crippen LogP contribution in [0.2, 0.25) is 0 Å². The first-order valence-corrected chi connectivity index (χ1v) is 7.34. The van der Waals surface area contributed by atoms with E-state index in [-0.39, 0.29) is 11.8 Å². The van der Waals surface area contributed by atoms with Crippen LogP contribution in [-0.4, -0.2) is 43.0 Å². The number of rotatable bonds is 3. The SMILES string of the molecule is N#Cc1cccc(NC(=O)C2(C(=O)N3CCOCC3)CC2)c1. The van der Waals surface area contributed by atoms with Gasteiger partial charge in [-0.1, -0.05) is 6.07 Å². The largest absolute Gasteiger partial charge is 0.378 e. The summed E-state index contributed by atoms with van der Waals surface area (Å²) in [5.41, 5.74) is 0.0900. The minimum Gasteiger partial charge on any atom is -0.378 e. The van der Waals surface area contributed by atoms with E-state index in [1.807, 2.05) is 6.07 Å². The summed E-state index contributed by atoms with van der Waals surface area (Å²) < 4.78 is 5.24. The van der Waals surface area contributed by atoms with Gasteiger partial charge in [-0.25, -0.2) is 0 Å². The van der Waals surface area contributed by atoms with Crippen molar-refractivity contribution in [2.45, 2.75) is 12.8 Å². The predicted molar refractivity (Wildman–Crippen MR) is 78.9 cm³/mol. The number of benzene rings is 1. The van der Waals surface area contributed by atoms with Crippen LogP contribution >= 0.6 is 0 Å². The maximum Gasteiger partial charge on any atom is 0.240 e. The minimum atomic E-state index is -0.931. The van der Waals surface area contributed by atoms with E-state index in [4.69, 9.17) is 10.00 Å². The second-order valence-electron chi connectivity index (χ2n) is 5.63. The number of ether oxygens (including phenoxy) is 1. The quantitative estimate of drug-likeness (QED) is 0.848. The Morgan fingerprint density at radius 3 is 2.64 bits per heavy atom. The van der Waals surface area contributed by atoms with Gasteiger partial charge in [0.25, 0.3) is 0 Å². The summed E-state index contributed by atoms with van der Waals surface area (Å²) >= 11 is 0. The zero-order valence-corrected chi connectivity index (χ0v) is 12.2. The number of morpholine rings is 1. The molecule has 1 saturated carbocycles. The van der Waals surface area contributed by atoms with Crippen molar-refractivity contribution in [1.29, 1.82) is 5.26 Å². The number of amides is 2. The summed E-state index contributed by atoms with van der Waals surface area (Å²) in [7, 11) is 0. The molecule has 0 atom stereocenters. The third-order valence-electron chi connectivity index (χ3n) is 4.14. The van der Waals surface area contributed by atoms with Crippen molar-refractivity contribution < 1.29 is 14.3 Å². The van der Waals surface area contributed by atoms with Gasteiger partial charge in [-0.05, 0) is 31.0 Å². The van der Waals surface area contributed by atoms with E-state index in [1.165, 1.54) is 0 Å². The molecule has 2 aliphatic rings. The van der Waals surface area contributed by atoms with Crippen LogP contribution in [0.5, 0.6) is 0 Å². The van der Waals surface area contributed by atoms with Gasteiger partial charge < -0.3 is 15.0 Å². The van der Waals surface area contributed by atoms with Crippen molar-refractivity contribution in [1.82, 2.24) is 4.90 Å².